The average molecular weight is 433 g/mol. The number of hydrogen-bond acceptors (Lipinski definition) is 5. The van der Waals surface area contributed by atoms with Crippen LogP contribution in [0.4, 0.5) is 5.69 Å². The molecule has 1 unspecified atom stereocenters. The van der Waals surface area contributed by atoms with Crippen molar-refractivity contribution in [3.8, 4) is 11.5 Å². The smallest absolute Gasteiger partial charge is 0.310 e. The topological polar surface area (TPSA) is 104 Å². The van der Waals surface area contributed by atoms with Gasteiger partial charge in [-0.25, -0.2) is 4.90 Å². The van der Waals surface area contributed by atoms with Gasteiger partial charge < -0.3 is 14.9 Å². The molecule has 3 aromatic carbocycles. The summed E-state index contributed by atoms with van der Waals surface area (Å²) in [5, 5.41) is 21.2. The van der Waals surface area contributed by atoms with Gasteiger partial charge in [-0.05, 0) is 38.0 Å². The van der Waals surface area contributed by atoms with Crippen LogP contribution in [0, 0.1) is 0 Å². The summed E-state index contributed by atoms with van der Waals surface area (Å²) in [5.41, 5.74) is 0.809. The van der Waals surface area contributed by atoms with Crippen LogP contribution in [0.25, 0.3) is 10.8 Å². The summed E-state index contributed by atoms with van der Waals surface area (Å²) in [6.45, 7) is 5.41. The van der Waals surface area contributed by atoms with E-state index >= 15 is 0 Å². The fraction of sp³-hybridized carbons (Fsp3) is 0.240. The minimum absolute atomic E-state index is 0.0287. The predicted molar refractivity (Wildman–Crippen MR) is 120 cm³/mol. The SMILES string of the molecule is CCC(C(=O)O)c1ccc(N2C(=O)c3c(c(OC(C)C)c4ccccc4c3O)C2=O)cc1. The van der Waals surface area contributed by atoms with Gasteiger partial charge in [-0.3, -0.25) is 14.4 Å². The maximum Gasteiger partial charge on any atom is 0.310 e. The number of imide groups is 1. The Bertz CT molecular complexity index is 1250. The first kappa shape index (κ1) is 21.4. The molecule has 7 nitrogen and oxygen atoms in total. The Morgan fingerprint density at radius 1 is 0.969 bits per heavy atom. The Labute approximate surface area is 184 Å². The number of ether oxygens (including phenoxy) is 1. The molecule has 4 rings (SSSR count). The molecule has 0 radical (unpaired) electrons. The summed E-state index contributed by atoms with van der Waals surface area (Å²) in [5.74, 6) is -2.86. The van der Waals surface area contributed by atoms with Gasteiger partial charge in [-0.2, -0.15) is 0 Å². The van der Waals surface area contributed by atoms with Crippen molar-refractivity contribution in [2.75, 3.05) is 4.90 Å². The third-order valence-corrected chi connectivity index (χ3v) is 5.59. The van der Waals surface area contributed by atoms with Crippen molar-refractivity contribution in [1.82, 2.24) is 0 Å². The number of anilines is 1. The van der Waals surface area contributed by atoms with Gasteiger partial charge in [0.1, 0.15) is 11.5 Å². The lowest BCUT2D eigenvalue weighted by atomic mass is 9.96. The lowest BCUT2D eigenvalue weighted by Crippen LogP contribution is -2.29. The number of aliphatic carboxylic acids is 1. The number of amides is 2. The van der Waals surface area contributed by atoms with Crippen molar-refractivity contribution in [3.63, 3.8) is 0 Å². The Morgan fingerprint density at radius 2 is 1.56 bits per heavy atom. The zero-order valence-electron chi connectivity index (χ0n) is 18.0. The molecule has 1 aliphatic rings. The lowest BCUT2D eigenvalue weighted by Gasteiger charge is -2.17. The van der Waals surface area contributed by atoms with Gasteiger partial charge in [0.15, 0.2) is 0 Å². The third kappa shape index (κ3) is 3.26. The molecule has 7 heteroatoms. The Hall–Kier alpha value is -3.87. The van der Waals surface area contributed by atoms with E-state index in [9.17, 15) is 24.6 Å². The van der Waals surface area contributed by atoms with Crippen molar-refractivity contribution < 1.29 is 29.3 Å². The molecule has 1 atom stereocenters. The number of hydrogen-bond donors (Lipinski definition) is 2. The number of aromatic hydroxyl groups is 1. The summed E-state index contributed by atoms with van der Waals surface area (Å²) in [6, 6.07) is 13.2. The fourth-order valence-corrected chi connectivity index (χ4v) is 4.12. The standard InChI is InChI=1S/C25H23NO6/c1-4-16(25(30)31)14-9-11-15(12-10-14)26-23(28)19-20(24(26)29)22(32-13(2)3)18-8-6-5-7-17(18)21(19)27/h5-13,16,27H,4H2,1-3H3,(H,30,31). The molecular weight excluding hydrogens is 410 g/mol. The van der Waals surface area contributed by atoms with Crippen LogP contribution in [-0.2, 0) is 4.79 Å². The van der Waals surface area contributed by atoms with Crippen LogP contribution in [0.15, 0.2) is 48.5 Å². The van der Waals surface area contributed by atoms with Crippen LogP contribution in [0.3, 0.4) is 0 Å². The number of benzene rings is 3. The second-order valence-corrected chi connectivity index (χ2v) is 7.98. The summed E-state index contributed by atoms with van der Waals surface area (Å²) in [7, 11) is 0. The number of carbonyl (C=O) groups is 3. The van der Waals surface area contributed by atoms with E-state index in [1.54, 1.807) is 55.5 Å². The zero-order valence-corrected chi connectivity index (χ0v) is 18.0. The van der Waals surface area contributed by atoms with E-state index in [0.29, 0.717) is 28.4 Å². The van der Waals surface area contributed by atoms with Crippen molar-refractivity contribution in [2.45, 2.75) is 39.2 Å². The van der Waals surface area contributed by atoms with E-state index in [2.05, 4.69) is 0 Å². The van der Waals surface area contributed by atoms with E-state index in [-0.39, 0.29) is 28.7 Å². The Balaban J connectivity index is 1.85. The minimum Gasteiger partial charge on any atom is -0.506 e. The first-order chi connectivity index (χ1) is 15.3. The van der Waals surface area contributed by atoms with E-state index < -0.39 is 23.7 Å². The first-order valence-electron chi connectivity index (χ1n) is 10.4. The van der Waals surface area contributed by atoms with Crippen LogP contribution >= 0.6 is 0 Å². The van der Waals surface area contributed by atoms with Gasteiger partial charge in [-0.1, -0.05) is 43.3 Å². The van der Waals surface area contributed by atoms with Gasteiger partial charge in [-0.15, -0.1) is 0 Å². The second kappa shape index (κ2) is 8.00. The minimum atomic E-state index is -0.937. The van der Waals surface area contributed by atoms with Gasteiger partial charge >= 0.3 is 5.97 Å². The highest BCUT2D eigenvalue weighted by atomic mass is 16.5. The normalized spacial score (nSPS) is 14.2. The molecule has 0 saturated carbocycles. The van der Waals surface area contributed by atoms with Crippen LogP contribution in [0.5, 0.6) is 11.5 Å². The number of rotatable bonds is 6. The van der Waals surface area contributed by atoms with Gasteiger partial charge in [0.2, 0.25) is 0 Å². The number of carboxylic acid groups (broad SMARTS) is 1. The highest BCUT2D eigenvalue weighted by molar-refractivity contribution is 6.38. The van der Waals surface area contributed by atoms with Gasteiger partial charge in [0.25, 0.3) is 11.8 Å². The molecular formula is C25H23NO6. The average Bonchev–Trinajstić information content (AvgIpc) is 3.02. The van der Waals surface area contributed by atoms with Crippen molar-refractivity contribution in [1.29, 1.82) is 0 Å². The largest absolute Gasteiger partial charge is 0.506 e. The predicted octanol–water partition coefficient (Wildman–Crippen LogP) is 4.71. The van der Waals surface area contributed by atoms with Crippen LogP contribution < -0.4 is 9.64 Å². The maximum absolute atomic E-state index is 13.4. The van der Waals surface area contributed by atoms with Crippen LogP contribution in [0.2, 0.25) is 0 Å². The molecule has 1 heterocycles. The summed E-state index contributed by atoms with van der Waals surface area (Å²) >= 11 is 0. The molecule has 3 aromatic rings. The quantitative estimate of drug-likeness (QED) is 0.546. The molecule has 0 bridgehead atoms. The molecule has 0 aromatic heterocycles. The zero-order chi connectivity index (χ0) is 23.2. The van der Waals surface area contributed by atoms with Crippen molar-refractivity contribution in [3.05, 3.63) is 65.2 Å². The summed E-state index contributed by atoms with van der Waals surface area (Å²) in [4.78, 5) is 39.1. The maximum atomic E-state index is 13.4. The summed E-state index contributed by atoms with van der Waals surface area (Å²) in [6.07, 6.45) is 0.156. The van der Waals surface area contributed by atoms with Crippen molar-refractivity contribution >= 4 is 34.2 Å². The number of nitrogens with zero attached hydrogens (tertiary/aromatic N) is 1. The van der Waals surface area contributed by atoms with E-state index in [1.165, 1.54) is 0 Å². The van der Waals surface area contributed by atoms with Crippen molar-refractivity contribution in [2.24, 2.45) is 0 Å². The van der Waals surface area contributed by atoms with Gasteiger partial charge in [0.05, 0.1) is 28.8 Å². The van der Waals surface area contributed by atoms with E-state index in [1.807, 2.05) is 13.8 Å². The molecule has 0 aliphatic carbocycles. The molecule has 32 heavy (non-hydrogen) atoms. The molecule has 2 amide bonds. The van der Waals surface area contributed by atoms with E-state index in [4.69, 9.17) is 4.74 Å². The van der Waals surface area contributed by atoms with Gasteiger partial charge in [0, 0.05) is 10.8 Å². The number of phenolic OH excluding ortho intramolecular Hbond substituents is 1. The number of carbonyl (C=O) groups excluding carboxylic acids is 2. The van der Waals surface area contributed by atoms with Crippen LogP contribution in [0.1, 0.15) is 59.4 Å². The highest BCUT2D eigenvalue weighted by Crippen LogP contribution is 2.45. The monoisotopic (exact) mass is 433 g/mol. The summed E-state index contributed by atoms with van der Waals surface area (Å²) < 4.78 is 5.94. The Kier molecular flexibility index (Phi) is 5.34. The molecule has 1 aliphatic heterocycles. The van der Waals surface area contributed by atoms with E-state index in [0.717, 1.165) is 4.90 Å². The molecule has 0 saturated heterocycles. The molecule has 0 fully saturated rings. The number of fused-ring (bicyclic) bond motifs is 2. The lowest BCUT2D eigenvalue weighted by molar-refractivity contribution is -0.138. The molecule has 2 N–H and O–H groups in total. The Morgan fingerprint density at radius 3 is 2.12 bits per heavy atom. The molecule has 164 valence electrons. The third-order valence-electron chi connectivity index (χ3n) is 5.59. The number of phenols is 1. The number of carboxylic acids is 1. The highest BCUT2D eigenvalue weighted by Gasteiger charge is 2.43. The molecule has 0 spiro atoms. The van der Waals surface area contributed by atoms with Crippen LogP contribution in [-0.4, -0.2) is 34.1 Å². The second-order valence-electron chi connectivity index (χ2n) is 7.98. The first-order valence-corrected chi connectivity index (χ1v) is 10.4. The fourth-order valence-electron chi connectivity index (χ4n) is 4.12.